The molecule has 4 rings (SSSR count). The highest BCUT2D eigenvalue weighted by Gasteiger charge is 2.21. The number of pyridine rings is 1. The normalized spacial score (nSPS) is 19.4. The molecule has 2 aliphatic heterocycles. The molecule has 8 heteroatoms. The predicted octanol–water partition coefficient (Wildman–Crippen LogP) is 0.839. The second-order valence-electron chi connectivity index (χ2n) is 8.23. The van der Waals surface area contributed by atoms with Gasteiger partial charge in [-0.25, -0.2) is 4.98 Å². The first-order valence-electron chi connectivity index (χ1n) is 10.9. The first kappa shape index (κ1) is 20.7. The highest BCUT2D eigenvalue weighted by Crippen LogP contribution is 2.19. The van der Waals surface area contributed by atoms with Gasteiger partial charge in [0.2, 0.25) is 5.91 Å². The molecule has 0 radical (unpaired) electrons. The molecule has 0 atom stereocenters. The van der Waals surface area contributed by atoms with Crippen LogP contribution in [-0.4, -0.2) is 76.1 Å². The summed E-state index contributed by atoms with van der Waals surface area (Å²) in [5, 5.41) is 2.93. The quantitative estimate of drug-likeness (QED) is 0.760. The summed E-state index contributed by atoms with van der Waals surface area (Å²) < 4.78 is 1.74. The van der Waals surface area contributed by atoms with E-state index in [2.05, 4.69) is 25.1 Å². The summed E-state index contributed by atoms with van der Waals surface area (Å²) in [6.45, 7) is 7.46. The summed E-state index contributed by atoms with van der Waals surface area (Å²) >= 11 is 0. The van der Waals surface area contributed by atoms with E-state index >= 15 is 0 Å². The Morgan fingerprint density at radius 1 is 1.00 bits per heavy atom. The van der Waals surface area contributed by atoms with Gasteiger partial charge in [0.25, 0.3) is 5.56 Å². The molecule has 1 N–H and O–H groups in total. The van der Waals surface area contributed by atoms with Crippen LogP contribution >= 0.6 is 0 Å². The number of piperidine rings is 1. The number of likely N-dealkylation sites (tertiary alicyclic amines) is 1. The number of aromatic nitrogens is 3. The average molecular weight is 411 g/mol. The molecule has 2 fully saturated rings. The molecular formula is C22H30N6O2. The van der Waals surface area contributed by atoms with Crippen LogP contribution < -0.4 is 10.9 Å². The van der Waals surface area contributed by atoms with Gasteiger partial charge >= 0.3 is 0 Å². The van der Waals surface area contributed by atoms with Crippen molar-refractivity contribution < 1.29 is 4.79 Å². The fourth-order valence-corrected chi connectivity index (χ4v) is 4.23. The van der Waals surface area contributed by atoms with Crippen LogP contribution in [0.25, 0.3) is 11.3 Å². The number of hydrogen-bond acceptors (Lipinski definition) is 6. The molecule has 0 aromatic carbocycles. The number of carbonyl (C=O) groups is 1. The fraction of sp³-hybridized carbons (Fsp3) is 0.545. The summed E-state index contributed by atoms with van der Waals surface area (Å²) in [5.41, 5.74) is 1.61. The Kier molecular flexibility index (Phi) is 6.86. The topological polar surface area (TPSA) is 83.4 Å². The van der Waals surface area contributed by atoms with Crippen LogP contribution in [0.2, 0.25) is 0 Å². The molecule has 1 amide bonds. The zero-order chi connectivity index (χ0) is 20.8. The first-order chi connectivity index (χ1) is 14.7. The molecule has 30 heavy (non-hydrogen) atoms. The van der Waals surface area contributed by atoms with Crippen molar-refractivity contribution in [3.63, 3.8) is 0 Å². The Bertz CT molecular complexity index is 892. The van der Waals surface area contributed by atoms with Crippen molar-refractivity contribution in [1.29, 1.82) is 0 Å². The van der Waals surface area contributed by atoms with Gasteiger partial charge in [-0.05, 0) is 44.0 Å². The van der Waals surface area contributed by atoms with Gasteiger partial charge in [-0.1, -0.05) is 0 Å². The van der Waals surface area contributed by atoms with E-state index < -0.39 is 0 Å². The minimum Gasteiger partial charge on any atom is -0.355 e. The van der Waals surface area contributed by atoms with Crippen LogP contribution in [0.5, 0.6) is 0 Å². The third-order valence-electron chi connectivity index (χ3n) is 6.16. The van der Waals surface area contributed by atoms with E-state index in [1.54, 1.807) is 29.4 Å². The monoisotopic (exact) mass is 410 g/mol. The maximum absolute atomic E-state index is 12.5. The van der Waals surface area contributed by atoms with Gasteiger partial charge in [-0.3, -0.25) is 24.0 Å². The molecule has 2 saturated heterocycles. The van der Waals surface area contributed by atoms with Crippen molar-refractivity contribution in [2.24, 2.45) is 5.92 Å². The number of hydrogen-bond donors (Lipinski definition) is 1. The molecule has 0 saturated carbocycles. The Morgan fingerprint density at radius 3 is 2.47 bits per heavy atom. The highest BCUT2D eigenvalue weighted by atomic mass is 16.1. The van der Waals surface area contributed by atoms with Gasteiger partial charge in [0.1, 0.15) is 0 Å². The number of nitrogens with one attached hydrogen (secondary N) is 1. The molecule has 160 valence electrons. The molecule has 8 nitrogen and oxygen atoms in total. The van der Waals surface area contributed by atoms with Crippen LogP contribution in [0.4, 0.5) is 0 Å². The van der Waals surface area contributed by atoms with E-state index in [-0.39, 0.29) is 11.5 Å². The molecule has 0 unspecified atom stereocenters. The van der Waals surface area contributed by atoms with Crippen LogP contribution in [-0.2, 0) is 11.3 Å². The lowest BCUT2D eigenvalue weighted by atomic mass is 9.96. The lowest BCUT2D eigenvalue weighted by Gasteiger charge is -2.33. The zero-order valence-corrected chi connectivity index (χ0v) is 17.4. The number of carbonyl (C=O) groups excluding carboxylic acids is 1. The van der Waals surface area contributed by atoms with Crippen molar-refractivity contribution in [2.75, 3.05) is 45.8 Å². The predicted molar refractivity (Wildman–Crippen MR) is 115 cm³/mol. The Morgan fingerprint density at radius 2 is 1.73 bits per heavy atom. The SMILES string of the molecule is O=C1CCN(CCN2CCC(Cn3cnc(-c4ccncc4)cc3=O)CC2)CCN1. The molecule has 0 spiro atoms. The Hall–Kier alpha value is -2.58. The van der Waals surface area contributed by atoms with Gasteiger partial charge in [0.05, 0.1) is 12.0 Å². The van der Waals surface area contributed by atoms with Gasteiger partial charge in [0, 0.05) is 69.7 Å². The molecule has 4 heterocycles. The molecular weight excluding hydrogens is 380 g/mol. The van der Waals surface area contributed by atoms with Crippen LogP contribution in [0, 0.1) is 5.92 Å². The highest BCUT2D eigenvalue weighted by molar-refractivity contribution is 5.76. The zero-order valence-electron chi connectivity index (χ0n) is 17.4. The number of amides is 1. The van der Waals surface area contributed by atoms with Gasteiger partial charge < -0.3 is 10.2 Å². The third-order valence-corrected chi connectivity index (χ3v) is 6.16. The molecule has 0 aliphatic carbocycles. The van der Waals surface area contributed by atoms with Gasteiger partial charge in [-0.2, -0.15) is 0 Å². The second-order valence-corrected chi connectivity index (χ2v) is 8.23. The minimum atomic E-state index is 0.00330. The Balaban J connectivity index is 1.24. The van der Waals surface area contributed by atoms with Crippen molar-refractivity contribution in [3.05, 3.63) is 47.3 Å². The summed E-state index contributed by atoms with van der Waals surface area (Å²) in [6.07, 6.45) is 7.89. The van der Waals surface area contributed by atoms with E-state index in [9.17, 15) is 9.59 Å². The van der Waals surface area contributed by atoms with Crippen molar-refractivity contribution in [1.82, 2.24) is 29.7 Å². The third kappa shape index (κ3) is 5.52. The maximum Gasteiger partial charge on any atom is 0.253 e. The molecule has 2 aromatic rings. The van der Waals surface area contributed by atoms with Crippen molar-refractivity contribution in [3.8, 4) is 11.3 Å². The smallest absolute Gasteiger partial charge is 0.253 e. The van der Waals surface area contributed by atoms with Gasteiger partial charge in [0.15, 0.2) is 0 Å². The maximum atomic E-state index is 12.5. The fourth-order valence-electron chi connectivity index (χ4n) is 4.23. The number of nitrogens with zero attached hydrogens (tertiary/aromatic N) is 5. The van der Waals surface area contributed by atoms with Crippen LogP contribution in [0.1, 0.15) is 19.3 Å². The molecule has 2 aromatic heterocycles. The minimum absolute atomic E-state index is 0.00330. The summed E-state index contributed by atoms with van der Waals surface area (Å²) in [7, 11) is 0. The van der Waals surface area contributed by atoms with E-state index in [1.807, 2.05) is 12.1 Å². The van der Waals surface area contributed by atoms with Crippen LogP contribution in [0.3, 0.4) is 0 Å². The van der Waals surface area contributed by atoms with E-state index in [1.165, 1.54) is 0 Å². The van der Waals surface area contributed by atoms with E-state index in [0.717, 1.165) is 70.8 Å². The summed E-state index contributed by atoms with van der Waals surface area (Å²) in [5.74, 6) is 0.671. The van der Waals surface area contributed by atoms with Crippen molar-refractivity contribution >= 4 is 5.91 Å². The lowest BCUT2D eigenvalue weighted by Crippen LogP contribution is -2.41. The molecule has 2 aliphatic rings. The average Bonchev–Trinajstić information content (AvgIpc) is 2.99. The van der Waals surface area contributed by atoms with E-state index in [0.29, 0.717) is 18.0 Å². The lowest BCUT2D eigenvalue weighted by molar-refractivity contribution is -0.120. The summed E-state index contributed by atoms with van der Waals surface area (Å²) in [4.78, 5) is 37.4. The van der Waals surface area contributed by atoms with E-state index in [4.69, 9.17) is 0 Å². The van der Waals surface area contributed by atoms with Gasteiger partial charge in [-0.15, -0.1) is 0 Å². The van der Waals surface area contributed by atoms with Crippen molar-refractivity contribution in [2.45, 2.75) is 25.8 Å². The second kappa shape index (κ2) is 9.95. The Labute approximate surface area is 176 Å². The van der Waals surface area contributed by atoms with Crippen LogP contribution in [0.15, 0.2) is 41.7 Å². The summed E-state index contributed by atoms with van der Waals surface area (Å²) in [6, 6.07) is 5.34. The largest absolute Gasteiger partial charge is 0.355 e. The first-order valence-corrected chi connectivity index (χ1v) is 10.9. The molecule has 0 bridgehead atoms. The standard InChI is InChI=1S/C22H30N6O2/c29-21-5-11-27(12-8-24-21)14-13-26-9-3-18(4-10-26)16-28-17-25-20(15-22(28)30)19-1-6-23-7-2-19/h1-2,6-7,15,17-18H,3-5,8-14,16H2,(H,24,29). The number of rotatable bonds is 6.